The minimum absolute atomic E-state index is 0.0366. The number of hydrogen-bond donors (Lipinski definition) is 2. The number of carbonyl (C=O) groups excluding carboxylic acids is 2. The zero-order chi connectivity index (χ0) is 17.1. The van der Waals surface area contributed by atoms with Crippen LogP contribution in [-0.2, 0) is 14.3 Å². The predicted molar refractivity (Wildman–Crippen MR) is 91.5 cm³/mol. The molecule has 130 valence electrons. The molecule has 1 atom stereocenters. The van der Waals surface area contributed by atoms with E-state index in [2.05, 4.69) is 18.3 Å². The van der Waals surface area contributed by atoms with Crippen LogP contribution in [-0.4, -0.2) is 25.0 Å². The number of carbonyl (C=O) groups is 2. The van der Waals surface area contributed by atoms with Gasteiger partial charge in [-0.15, -0.1) is 0 Å². The van der Waals surface area contributed by atoms with Gasteiger partial charge in [0.15, 0.2) is 0 Å². The lowest BCUT2D eigenvalue weighted by atomic mass is 9.93. The van der Waals surface area contributed by atoms with Crippen molar-refractivity contribution in [2.45, 2.75) is 58.8 Å². The molecule has 0 radical (unpaired) electrons. The van der Waals surface area contributed by atoms with Gasteiger partial charge < -0.3 is 15.8 Å². The molecule has 5 nitrogen and oxygen atoms in total. The number of rotatable bonds is 6. The third-order valence-corrected chi connectivity index (χ3v) is 3.95. The molecule has 1 rings (SSSR count). The Morgan fingerprint density at radius 3 is 2.83 bits per heavy atom. The monoisotopic (exact) mass is 322 g/mol. The topological polar surface area (TPSA) is 81.4 Å². The highest BCUT2D eigenvalue weighted by atomic mass is 16.5. The second-order valence-electron chi connectivity index (χ2n) is 5.92. The van der Waals surface area contributed by atoms with Gasteiger partial charge in [0.05, 0.1) is 6.61 Å². The molecule has 0 aromatic carbocycles. The van der Waals surface area contributed by atoms with Gasteiger partial charge in [-0.05, 0) is 57.9 Å². The van der Waals surface area contributed by atoms with Gasteiger partial charge >= 0.3 is 5.97 Å². The second-order valence-corrected chi connectivity index (χ2v) is 5.92. The molecule has 0 saturated heterocycles. The molecule has 1 aliphatic carbocycles. The summed E-state index contributed by atoms with van der Waals surface area (Å²) in [5.74, 6) is 0.00650. The smallest absolute Gasteiger partial charge is 0.333 e. The molecule has 5 heteroatoms. The van der Waals surface area contributed by atoms with E-state index in [1.807, 2.05) is 13.0 Å². The first-order chi connectivity index (χ1) is 11.1. The molecule has 1 aliphatic rings. The highest BCUT2D eigenvalue weighted by Gasteiger charge is 2.18. The zero-order valence-electron chi connectivity index (χ0n) is 14.4. The normalized spacial score (nSPS) is 23.9. The van der Waals surface area contributed by atoms with Crippen molar-refractivity contribution in [3.63, 3.8) is 0 Å². The largest absolute Gasteiger partial charge is 0.463 e. The molecule has 0 fully saturated rings. The van der Waals surface area contributed by atoms with Crippen LogP contribution in [0.15, 0.2) is 23.4 Å². The van der Waals surface area contributed by atoms with Crippen LogP contribution in [0.1, 0.15) is 58.8 Å². The van der Waals surface area contributed by atoms with Crippen LogP contribution in [0.3, 0.4) is 0 Å². The molecule has 0 heterocycles. The molecule has 0 aromatic rings. The Morgan fingerprint density at radius 1 is 1.35 bits per heavy atom. The van der Waals surface area contributed by atoms with Gasteiger partial charge in [-0.25, -0.2) is 4.79 Å². The highest BCUT2D eigenvalue weighted by molar-refractivity contribution is 5.88. The average Bonchev–Trinajstić information content (AvgIpc) is 2.52. The summed E-state index contributed by atoms with van der Waals surface area (Å²) in [7, 11) is 0. The molecular weight excluding hydrogens is 292 g/mol. The van der Waals surface area contributed by atoms with Crippen molar-refractivity contribution in [2.75, 3.05) is 13.2 Å². The summed E-state index contributed by atoms with van der Waals surface area (Å²) in [5, 5.41) is 2.99. The maximum Gasteiger partial charge on any atom is 0.333 e. The summed E-state index contributed by atoms with van der Waals surface area (Å²) in [6.45, 7) is 4.82. The number of esters is 1. The number of nitrogens with two attached hydrogens (primary N) is 1. The molecule has 1 amide bonds. The van der Waals surface area contributed by atoms with Crippen LogP contribution in [0.2, 0.25) is 0 Å². The van der Waals surface area contributed by atoms with Crippen LogP contribution in [0.25, 0.3) is 0 Å². The summed E-state index contributed by atoms with van der Waals surface area (Å²) in [6, 6.07) is 0. The van der Waals surface area contributed by atoms with E-state index in [0.717, 1.165) is 43.4 Å². The first kappa shape index (κ1) is 19.4. The first-order valence-corrected chi connectivity index (χ1v) is 8.64. The second kappa shape index (κ2) is 11.0. The van der Waals surface area contributed by atoms with Crippen molar-refractivity contribution < 1.29 is 14.3 Å². The molecule has 23 heavy (non-hydrogen) atoms. The number of ether oxygens (including phenoxy) is 1. The minimum Gasteiger partial charge on any atom is -0.463 e. The van der Waals surface area contributed by atoms with Gasteiger partial charge in [0.2, 0.25) is 5.91 Å². The Bertz CT molecular complexity index is 455. The van der Waals surface area contributed by atoms with E-state index in [1.165, 1.54) is 0 Å². The lowest BCUT2D eigenvalue weighted by molar-refractivity contribution is -0.139. The van der Waals surface area contributed by atoms with Crippen LogP contribution in [0.4, 0.5) is 0 Å². The van der Waals surface area contributed by atoms with Gasteiger partial charge in [-0.2, -0.15) is 0 Å². The number of allylic oxidation sites excluding steroid dienone is 3. The quantitative estimate of drug-likeness (QED) is 0.737. The van der Waals surface area contributed by atoms with Crippen LogP contribution in [0, 0.1) is 5.92 Å². The Kier molecular flexibility index (Phi) is 9.29. The summed E-state index contributed by atoms with van der Waals surface area (Å²) in [6.07, 6.45) is 9.51. The summed E-state index contributed by atoms with van der Waals surface area (Å²) < 4.78 is 5.14. The van der Waals surface area contributed by atoms with Gasteiger partial charge in [-0.1, -0.05) is 19.1 Å². The van der Waals surface area contributed by atoms with E-state index < -0.39 is 0 Å². The van der Waals surface area contributed by atoms with Crippen LogP contribution < -0.4 is 11.1 Å². The fraction of sp³-hybridized carbons (Fsp3) is 0.667. The zero-order valence-corrected chi connectivity index (χ0v) is 14.4. The molecule has 0 aliphatic heterocycles. The van der Waals surface area contributed by atoms with E-state index in [0.29, 0.717) is 26.0 Å². The molecule has 0 spiro atoms. The molecule has 0 bridgehead atoms. The van der Waals surface area contributed by atoms with Crippen molar-refractivity contribution in [3.05, 3.63) is 23.4 Å². The molecule has 1 unspecified atom stereocenters. The van der Waals surface area contributed by atoms with Gasteiger partial charge in [0.25, 0.3) is 0 Å². The summed E-state index contributed by atoms with van der Waals surface area (Å²) in [5.41, 5.74) is 7.21. The first-order valence-electron chi connectivity index (χ1n) is 8.64. The van der Waals surface area contributed by atoms with Gasteiger partial charge in [0.1, 0.15) is 0 Å². The van der Waals surface area contributed by atoms with E-state index in [1.54, 1.807) is 0 Å². The number of nitrogens with one attached hydrogen (secondary N) is 1. The molecular formula is C18H30N2O3. The van der Waals surface area contributed by atoms with Crippen molar-refractivity contribution in [1.82, 2.24) is 5.32 Å². The van der Waals surface area contributed by atoms with E-state index in [-0.39, 0.29) is 17.8 Å². The Hall–Kier alpha value is -1.62. The molecule has 3 N–H and O–H groups in total. The van der Waals surface area contributed by atoms with Crippen molar-refractivity contribution in [1.29, 1.82) is 0 Å². The Balaban J connectivity index is 2.61. The fourth-order valence-corrected chi connectivity index (χ4v) is 2.63. The van der Waals surface area contributed by atoms with Crippen molar-refractivity contribution in [3.8, 4) is 0 Å². The van der Waals surface area contributed by atoms with E-state index in [4.69, 9.17) is 10.5 Å². The van der Waals surface area contributed by atoms with Crippen LogP contribution in [0.5, 0.6) is 0 Å². The van der Waals surface area contributed by atoms with E-state index in [9.17, 15) is 9.59 Å². The third kappa shape index (κ3) is 7.46. The lowest BCUT2D eigenvalue weighted by Gasteiger charge is -2.17. The fourth-order valence-electron chi connectivity index (χ4n) is 2.63. The van der Waals surface area contributed by atoms with Crippen molar-refractivity contribution >= 4 is 11.9 Å². The number of hydrogen-bond acceptors (Lipinski definition) is 4. The van der Waals surface area contributed by atoms with Crippen LogP contribution >= 0.6 is 0 Å². The predicted octanol–water partition coefficient (Wildman–Crippen LogP) is 2.82. The van der Waals surface area contributed by atoms with Crippen molar-refractivity contribution in [2.24, 2.45) is 11.7 Å². The van der Waals surface area contributed by atoms with Gasteiger partial charge in [0, 0.05) is 17.7 Å². The summed E-state index contributed by atoms with van der Waals surface area (Å²) >= 11 is 0. The summed E-state index contributed by atoms with van der Waals surface area (Å²) in [4.78, 5) is 23.8. The Morgan fingerprint density at radius 2 is 2.13 bits per heavy atom. The van der Waals surface area contributed by atoms with Gasteiger partial charge in [-0.3, -0.25) is 4.79 Å². The van der Waals surface area contributed by atoms with E-state index >= 15 is 0 Å². The SMILES string of the molecule is CCOC(=O)/C1=C\CCC/C(NC(=O)CCCN)=C\CCC1C. The Labute approximate surface area is 139 Å². The lowest BCUT2D eigenvalue weighted by Crippen LogP contribution is -2.23. The third-order valence-electron chi connectivity index (χ3n) is 3.95. The standard InChI is InChI=1S/C18H30N2O3/c1-3-23-18(22)16-11-5-4-9-15(10-6-8-14(16)2)20-17(21)12-7-13-19/h10-11,14H,3-9,12-13,19H2,1-2H3,(H,20,21)/b15-10+,16-11-. The highest BCUT2D eigenvalue weighted by Crippen LogP contribution is 2.22. The average molecular weight is 322 g/mol. The molecule has 0 saturated carbocycles. The number of amides is 1. The minimum atomic E-state index is -0.195. The maximum atomic E-state index is 12.0. The molecule has 0 aromatic heterocycles. The maximum absolute atomic E-state index is 12.0.